The maximum atomic E-state index is 5.98. The molecule has 0 aromatic carbocycles. The first-order chi connectivity index (χ1) is 7.74. The fraction of sp³-hybridized carbons (Fsp3) is 1.00. The van der Waals surface area contributed by atoms with Crippen LogP contribution in [0.15, 0.2) is 0 Å². The van der Waals surface area contributed by atoms with Crippen molar-refractivity contribution in [1.29, 1.82) is 0 Å². The molecule has 1 heterocycles. The van der Waals surface area contributed by atoms with Gasteiger partial charge >= 0.3 is 0 Å². The van der Waals surface area contributed by atoms with Crippen molar-refractivity contribution in [2.45, 2.75) is 64.5 Å². The minimum absolute atomic E-state index is 0.643. The number of nitrogens with two attached hydrogens (primary N) is 1. The number of piperidine rings is 1. The highest BCUT2D eigenvalue weighted by molar-refractivity contribution is 4.89. The van der Waals surface area contributed by atoms with Gasteiger partial charge in [0.2, 0.25) is 0 Å². The van der Waals surface area contributed by atoms with Crippen molar-refractivity contribution in [3.8, 4) is 0 Å². The number of hydrogen-bond donors (Lipinski definition) is 1. The summed E-state index contributed by atoms with van der Waals surface area (Å²) in [6, 6.07) is 1.41. The Morgan fingerprint density at radius 2 is 1.88 bits per heavy atom. The molecule has 2 heteroatoms. The molecule has 94 valence electrons. The molecule has 0 radical (unpaired) electrons. The molecule has 0 aromatic rings. The topological polar surface area (TPSA) is 29.3 Å². The summed E-state index contributed by atoms with van der Waals surface area (Å²) in [5.74, 6) is 1.74. The molecule has 2 aliphatic rings. The van der Waals surface area contributed by atoms with Crippen LogP contribution in [0.25, 0.3) is 0 Å². The summed E-state index contributed by atoms with van der Waals surface area (Å²) in [7, 11) is 0. The Morgan fingerprint density at radius 3 is 2.50 bits per heavy atom. The summed E-state index contributed by atoms with van der Waals surface area (Å²) in [4.78, 5) is 2.73. The van der Waals surface area contributed by atoms with Gasteiger partial charge in [0, 0.05) is 18.6 Å². The highest BCUT2D eigenvalue weighted by atomic mass is 15.2. The maximum absolute atomic E-state index is 5.98. The van der Waals surface area contributed by atoms with Crippen LogP contribution in [0.5, 0.6) is 0 Å². The minimum atomic E-state index is 0.643. The molecule has 1 aliphatic heterocycles. The standard InChI is InChI=1S/C14H28N2/c1-11-6-5-9-16(14(11)10-15)12(2)13-7-3-4-8-13/h11-14H,3-10,15H2,1-2H3. The third-order valence-corrected chi connectivity index (χ3v) is 5.01. The van der Waals surface area contributed by atoms with Gasteiger partial charge in [0.25, 0.3) is 0 Å². The second kappa shape index (κ2) is 5.50. The summed E-state index contributed by atoms with van der Waals surface area (Å²) in [5, 5.41) is 0. The van der Waals surface area contributed by atoms with Crippen LogP contribution in [0.1, 0.15) is 52.4 Å². The molecule has 0 spiro atoms. The van der Waals surface area contributed by atoms with Gasteiger partial charge in [-0.2, -0.15) is 0 Å². The summed E-state index contributed by atoms with van der Waals surface area (Å²) in [6.07, 6.45) is 8.54. The van der Waals surface area contributed by atoms with E-state index in [0.29, 0.717) is 6.04 Å². The third kappa shape index (κ3) is 2.43. The van der Waals surface area contributed by atoms with E-state index in [0.717, 1.165) is 24.4 Å². The Hall–Kier alpha value is -0.0800. The van der Waals surface area contributed by atoms with Crippen molar-refractivity contribution in [3.63, 3.8) is 0 Å². The van der Waals surface area contributed by atoms with Crippen molar-refractivity contribution in [2.75, 3.05) is 13.1 Å². The fourth-order valence-electron chi connectivity index (χ4n) is 3.86. The van der Waals surface area contributed by atoms with Gasteiger partial charge in [0.05, 0.1) is 0 Å². The van der Waals surface area contributed by atoms with Crippen LogP contribution in [0.4, 0.5) is 0 Å². The Kier molecular flexibility index (Phi) is 4.26. The van der Waals surface area contributed by atoms with Crippen LogP contribution >= 0.6 is 0 Å². The van der Waals surface area contributed by atoms with Gasteiger partial charge in [-0.25, -0.2) is 0 Å². The second-order valence-corrected chi connectivity index (χ2v) is 5.95. The van der Waals surface area contributed by atoms with Gasteiger partial charge in [-0.15, -0.1) is 0 Å². The zero-order chi connectivity index (χ0) is 11.5. The van der Waals surface area contributed by atoms with E-state index in [1.54, 1.807) is 0 Å². The molecule has 2 fully saturated rings. The predicted molar refractivity (Wildman–Crippen MR) is 69.4 cm³/mol. The monoisotopic (exact) mass is 224 g/mol. The molecule has 0 aromatic heterocycles. The first-order valence-corrected chi connectivity index (χ1v) is 7.20. The SMILES string of the molecule is CC1CCCN(C(C)C2CCCC2)C1CN. The van der Waals surface area contributed by atoms with Crippen LogP contribution in [-0.4, -0.2) is 30.1 Å². The Bertz CT molecular complexity index is 211. The number of rotatable bonds is 3. The lowest BCUT2D eigenvalue weighted by Crippen LogP contribution is -2.53. The molecule has 1 aliphatic carbocycles. The lowest BCUT2D eigenvalue weighted by Gasteiger charge is -2.45. The zero-order valence-corrected chi connectivity index (χ0v) is 11.0. The third-order valence-electron chi connectivity index (χ3n) is 5.01. The highest BCUT2D eigenvalue weighted by Crippen LogP contribution is 2.34. The van der Waals surface area contributed by atoms with E-state index in [2.05, 4.69) is 18.7 Å². The van der Waals surface area contributed by atoms with Crippen LogP contribution < -0.4 is 5.73 Å². The first-order valence-electron chi connectivity index (χ1n) is 7.20. The van der Waals surface area contributed by atoms with Crippen LogP contribution in [-0.2, 0) is 0 Å². The molecule has 3 unspecified atom stereocenters. The van der Waals surface area contributed by atoms with Crippen molar-refractivity contribution >= 4 is 0 Å². The van der Waals surface area contributed by atoms with E-state index < -0.39 is 0 Å². The number of likely N-dealkylation sites (tertiary alicyclic amines) is 1. The zero-order valence-electron chi connectivity index (χ0n) is 11.0. The van der Waals surface area contributed by atoms with E-state index in [9.17, 15) is 0 Å². The van der Waals surface area contributed by atoms with Crippen molar-refractivity contribution in [3.05, 3.63) is 0 Å². The largest absolute Gasteiger partial charge is 0.329 e. The van der Waals surface area contributed by atoms with Crippen molar-refractivity contribution in [2.24, 2.45) is 17.6 Å². The minimum Gasteiger partial charge on any atom is -0.329 e. The van der Waals surface area contributed by atoms with Gasteiger partial charge < -0.3 is 5.73 Å². The molecule has 1 saturated carbocycles. The average Bonchev–Trinajstić information content (AvgIpc) is 2.81. The van der Waals surface area contributed by atoms with E-state index in [-0.39, 0.29) is 0 Å². The summed E-state index contributed by atoms with van der Waals surface area (Å²) < 4.78 is 0. The smallest absolute Gasteiger partial charge is 0.0246 e. The molecule has 16 heavy (non-hydrogen) atoms. The van der Waals surface area contributed by atoms with Crippen molar-refractivity contribution in [1.82, 2.24) is 4.90 Å². The van der Waals surface area contributed by atoms with Crippen molar-refractivity contribution < 1.29 is 0 Å². The fourth-order valence-corrected chi connectivity index (χ4v) is 3.86. The summed E-state index contributed by atoms with van der Waals surface area (Å²) >= 11 is 0. The molecular formula is C14H28N2. The quantitative estimate of drug-likeness (QED) is 0.798. The van der Waals surface area contributed by atoms with E-state index in [4.69, 9.17) is 5.73 Å². The molecule has 2 N–H and O–H groups in total. The van der Waals surface area contributed by atoms with Crippen LogP contribution in [0, 0.1) is 11.8 Å². The number of hydrogen-bond acceptors (Lipinski definition) is 2. The molecule has 0 bridgehead atoms. The van der Waals surface area contributed by atoms with Gasteiger partial charge in [0.1, 0.15) is 0 Å². The lowest BCUT2D eigenvalue weighted by molar-refractivity contribution is 0.0442. The molecule has 2 nitrogen and oxygen atoms in total. The molecular weight excluding hydrogens is 196 g/mol. The molecule has 2 rings (SSSR count). The summed E-state index contributed by atoms with van der Waals surface area (Å²) in [6.45, 7) is 6.95. The highest BCUT2D eigenvalue weighted by Gasteiger charge is 2.34. The van der Waals surface area contributed by atoms with E-state index >= 15 is 0 Å². The van der Waals surface area contributed by atoms with E-state index in [1.807, 2.05) is 0 Å². The summed E-state index contributed by atoms with van der Waals surface area (Å²) in [5.41, 5.74) is 5.98. The Balaban J connectivity index is 1.99. The van der Waals surface area contributed by atoms with E-state index in [1.165, 1.54) is 45.1 Å². The van der Waals surface area contributed by atoms with Crippen LogP contribution in [0.2, 0.25) is 0 Å². The second-order valence-electron chi connectivity index (χ2n) is 5.95. The molecule has 0 amide bonds. The van der Waals surface area contributed by atoms with Gasteiger partial charge in [-0.3, -0.25) is 4.90 Å². The number of nitrogens with zero attached hydrogens (tertiary/aromatic N) is 1. The Morgan fingerprint density at radius 1 is 1.19 bits per heavy atom. The molecule has 1 saturated heterocycles. The van der Waals surface area contributed by atoms with Gasteiger partial charge in [-0.05, 0) is 51.0 Å². The Labute approximate surface area is 101 Å². The lowest BCUT2D eigenvalue weighted by atomic mass is 9.87. The average molecular weight is 224 g/mol. The van der Waals surface area contributed by atoms with Crippen LogP contribution in [0.3, 0.4) is 0 Å². The van der Waals surface area contributed by atoms with Gasteiger partial charge in [0.15, 0.2) is 0 Å². The molecule has 3 atom stereocenters. The van der Waals surface area contributed by atoms with Gasteiger partial charge in [-0.1, -0.05) is 19.8 Å². The normalized spacial score (nSPS) is 35.4. The predicted octanol–water partition coefficient (Wildman–Crippen LogP) is 2.62. The first kappa shape index (κ1) is 12.4. The maximum Gasteiger partial charge on any atom is 0.0246 e.